The maximum atomic E-state index is 15.0. The topological polar surface area (TPSA) is 166 Å². The summed E-state index contributed by atoms with van der Waals surface area (Å²) in [5.41, 5.74) is 9.17. The normalized spacial score (nSPS) is 16.9. The Morgan fingerprint density at radius 2 is 0.528 bits per heavy atom. The molecule has 8 amide bonds. The first-order valence-electron chi connectivity index (χ1n) is 39.4. The zero-order chi connectivity index (χ0) is 75.5. The molecule has 0 fully saturated rings. The fourth-order valence-electron chi connectivity index (χ4n) is 21.1. The second-order valence-corrected chi connectivity index (χ2v) is 32.0. The number of aryl methyl sites for hydroxylation is 4. The fourth-order valence-corrected chi connectivity index (χ4v) is 21.1. The van der Waals surface area contributed by atoms with Crippen LogP contribution in [-0.4, -0.2) is 137 Å². The molecule has 10 aromatic carbocycles. The number of amides is 8. The molecule has 8 aliphatic rings. The number of nitrogens with zero attached hydrogens (tertiary/aromatic N) is 8. The van der Waals surface area contributed by atoms with Crippen molar-refractivity contribution in [2.45, 2.75) is 195 Å². The third kappa shape index (κ3) is 9.78. The quantitative estimate of drug-likeness (QED) is 0.0497. The van der Waals surface area contributed by atoms with E-state index in [-0.39, 0.29) is 82.1 Å². The van der Waals surface area contributed by atoms with E-state index in [2.05, 4.69) is 58.8 Å². The molecule has 0 radical (unpaired) electrons. The second kappa shape index (κ2) is 27.6. The highest BCUT2D eigenvalue weighted by Crippen LogP contribution is 2.57. The molecular formula is C88H88Cl4N8O8. The van der Waals surface area contributed by atoms with E-state index in [1.165, 1.54) is 32.6 Å². The molecule has 10 heterocycles. The van der Waals surface area contributed by atoms with Crippen molar-refractivity contribution in [2.75, 3.05) is 46.7 Å². The van der Waals surface area contributed by atoms with Crippen LogP contribution in [0.15, 0.2) is 72.8 Å². The van der Waals surface area contributed by atoms with Gasteiger partial charge in [0.2, 0.25) is 0 Å². The molecule has 0 saturated heterocycles. The maximum absolute atomic E-state index is 15.0. The molecule has 0 bridgehead atoms. The zero-order valence-electron chi connectivity index (χ0n) is 62.6. The van der Waals surface area contributed by atoms with Crippen molar-refractivity contribution in [3.8, 4) is 0 Å². The van der Waals surface area contributed by atoms with Gasteiger partial charge in [-0.3, -0.25) is 58.0 Å². The molecule has 0 atom stereocenters. The molecule has 8 aliphatic heterocycles. The zero-order valence-corrected chi connectivity index (χ0v) is 65.6. The largest absolute Gasteiger partial charge is 0.358 e. The smallest absolute Gasteiger partial charge is 0.263 e. The minimum Gasteiger partial charge on any atom is -0.358 e. The first-order chi connectivity index (χ1) is 52.5. The Morgan fingerprint density at radius 3 is 0.824 bits per heavy atom. The van der Waals surface area contributed by atoms with Crippen molar-refractivity contribution in [2.24, 2.45) is 0 Å². The predicted molar refractivity (Wildman–Crippen MR) is 438 cm³/mol. The highest BCUT2D eigenvalue weighted by Gasteiger charge is 2.47. The number of rotatable bonds is 12. The van der Waals surface area contributed by atoms with Gasteiger partial charge in [-0.05, 0) is 193 Å². The van der Waals surface area contributed by atoms with Crippen molar-refractivity contribution >= 4 is 213 Å². The summed E-state index contributed by atoms with van der Waals surface area (Å²) in [5.74, 6) is 0.692. The molecule has 108 heavy (non-hydrogen) atoms. The third-order valence-electron chi connectivity index (χ3n) is 25.7. The number of carbonyl (C=O) groups excluding carboxylic acids is 8. The number of aromatic nitrogens is 2. The number of hydrogen-bond acceptors (Lipinski definition) is 10. The van der Waals surface area contributed by atoms with Crippen LogP contribution in [0.2, 0.25) is 0 Å². The Labute approximate surface area is 646 Å². The average molecular weight is 1530 g/mol. The van der Waals surface area contributed by atoms with E-state index in [0.717, 1.165) is 199 Å². The van der Waals surface area contributed by atoms with Gasteiger partial charge in [-0.1, -0.05) is 91.8 Å². The molecular weight excluding hydrogens is 1440 g/mol. The summed E-state index contributed by atoms with van der Waals surface area (Å²) in [6.45, 7) is 21.9. The Kier molecular flexibility index (Phi) is 18.5. The number of alkyl halides is 4. The summed E-state index contributed by atoms with van der Waals surface area (Å²) in [7, 11) is 0. The summed E-state index contributed by atoms with van der Waals surface area (Å²) in [5, 5.41) is 17.0. The van der Waals surface area contributed by atoms with Crippen LogP contribution >= 0.6 is 46.4 Å². The standard InChI is InChI=1S/2C43H42N4O4.2CH2Cl2/c2*1-5-22(6-2)46-40(48)28-16-13-24-25-14-17-30-35-33(25)34(26-15-18-29(41(46)49)32(28)31(24)26)36-27-12-9-10-19-44-20-11-21-45(39(27)44)38(36)37(35)43(51)47(42(30)50)23(7-3)8-4;2*2-1-3/h2*13-18,22-23H,5-12,19-21H2,1-4H3;2*1H2. The lowest BCUT2D eigenvalue weighted by Crippen LogP contribution is -2.47. The fraction of sp³-hybridized carbons (Fsp3) is 0.409. The molecule has 556 valence electrons. The van der Waals surface area contributed by atoms with Gasteiger partial charge < -0.3 is 18.9 Å². The minimum absolute atomic E-state index is 0.167. The van der Waals surface area contributed by atoms with Gasteiger partial charge in [-0.2, -0.15) is 0 Å². The van der Waals surface area contributed by atoms with E-state index >= 15 is 9.59 Å². The molecule has 16 nitrogen and oxygen atoms in total. The molecule has 20 rings (SSSR count). The van der Waals surface area contributed by atoms with E-state index in [1.807, 2.05) is 88.4 Å². The lowest BCUT2D eigenvalue weighted by atomic mass is 9.80. The minimum atomic E-state index is -0.231. The SMILES string of the molecule is CCC(CC)N1C(=O)c2ccc3c4ccc5c6c(c7c(c8c9n7CCCN9CCCC8)c(c7ccc(c2c37)C1=O)c64)C(=O)N(C(CC)CC)C5=O.CCC(CC)N1C(=O)c2ccc3c4ccc5c6c(c7c(c8c9n7CCCN9CCCC8)c(c7ccc(c2c37)C1=O)c64)C(=O)N(C(CC)CC)C5=O.ClCCl.ClCCl. The van der Waals surface area contributed by atoms with Crippen LogP contribution in [0.3, 0.4) is 0 Å². The van der Waals surface area contributed by atoms with Crippen molar-refractivity contribution in [1.29, 1.82) is 0 Å². The van der Waals surface area contributed by atoms with Gasteiger partial charge in [0, 0.05) is 151 Å². The van der Waals surface area contributed by atoms with E-state index in [1.54, 1.807) is 9.80 Å². The third-order valence-corrected chi connectivity index (χ3v) is 25.7. The molecule has 2 aromatic heterocycles. The lowest BCUT2D eigenvalue weighted by molar-refractivity contribution is 0.0514. The maximum Gasteiger partial charge on any atom is 0.263 e. The number of carbonyl (C=O) groups is 8. The van der Waals surface area contributed by atoms with Crippen LogP contribution in [0.1, 0.15) is 239 Å². The monoisotopic (exact) mass is 1520 g/mol. The number of benzene rings is 10. The summed E-state index contributed by atoms with van der Waals surface area (Å²) in [6, 6.07) is 23.1. The van der Waals surface area contributed by atoms with Crippen LogP contribution in [0.25, 0.3) is 108 Å². The Hall–Kier alpha value is -8.80. The molecule has 20 heteroatoms. The van der Waals surface area contributed by atoms with E-state index < -0.39 is 0 Å². The van der Waals surface area contributed by atoms with Crippen LogP contribution < -0.4 is 9.80 Å². The van der Waals surface area contributed by atoms with Crippen LogP contribution in [0.5, 0.6) is 0 Å². The van der Waals surface area contributed by atoms with Crippen molar-refractivity contribution < 1.29 is 38.4 Å². The summed E-state index contributed by atoms with van der Waals surface area (Å²) in [4.78, 5) is 127. The number of halogens is 4. The van der Waals surface area contributed by atoms with Gasteiger partial charge in [0.25, 0.3) is 47.3 Å². The van der Waals surface area contributed by atoms with E-state index in [4.69, 9.17) is 46.4 Å². The Balaban J connectivity index is 0.000000148. The number of fused-ring (bicyclic) bond motifs is 14. The lowest BCUT2D eigenvalue weighted by Gasteiger charge is -2.35. The van der Waals surface area contributed by atoms with Crippen molar-refractivity contribution in [1.82, 2.24) is 28.7 Å². The summed E-state index contributed by atoms with van der Waals surface area (Å²) < 4.78 is 4.81. The van der Waals surface area contributed by atoms with Gasteiger partial charge in [0.15, 0.2) is 0 Å². The molecule has 0 aliphatic carbocycles. The highest BCUT2D eigenvalue weighted by molar-refractivity contribution is 6.49. The first-order valence-corrected chi connectivity index (χ1v) is 41.5. The van der Waals surface area contributed by atoms with Crippen molar-refractivity contribution in [3.05, 3.63) is 128 Å². The van der Waals surface area contributed by atoms with Gasteiger partial charge in [0.1, 0.15) is 11.6 Å². The van der Waals surface area contributed by atoms with E-state index in [9.17, 15) is 28.8 Å². The van der Waals surface area contributed by atoms with Gasteiger partial charge in [-0.15, -0.1) is 46.4 Å². The Morgan fingerprint density at radius 1 is 0.278 bits per heavy atom. The van der Waals surface area contributed by atoms with Gasteiger partial charge >= 0.3 is 0 Å². The Bertz CT molecular complexity index is 5520. The predicted octanol–water partition coefficient (Wildman–Crippen LogP) is 20.5. The van der Waals surface area contributed by atoms with Crippen LogP contribution in [-0.2, 0) is 25.9 Å². The summed E-state index contributed by atoms with van der Waals surface area (Å²) in [6.07, 6.45) is 13.7. The molecule has 0 spiro atoms. The van der Waals surface area contributed by atoms with Gasteiger partial charge in [-0.25, -0.2) is 0 Å². The average Bonchev–Trinajstić information content (AvgIpc) is 1.34. The van der Waals surface area contributed by atoms with Crippen LogP contribution in [0.4, 0.5) is 11.6 Å². The number of imide groups is 4. The van der Waals surface area contributed by atoms with E-state index in [0.29, 0.717) is 95.9 Å². The molecule has 0 N–H and O–H groups in total. The molecule has 0 saturated carbocycles. The first kappa shape index (κ1) is 72.1. The number of anilines is 2. The van der Waals surface area contributed by atoms with Crippen LogP contribution in [0, 0.1) is 0 Å². The summed E-state index contributed by atoms with van der Waals surface area (Å²) >= 11 is 19.1. The van der Waals surface area contributed by atoms with Gasteiger partial charge in [0.05, 0.1) is 32.8 Å². The van der Waals surface area contributed by atoms with Crippen molar-refractivity contribution in [3.63, 3.8) is 0 Å². The second-order valence-electron chi connectivity index (χ2n) is 30.4. The number of hydrogen-bond donors (Lipinski definition) is 0. The molecule has 0 unspecified atom stereocenters. The highest BCUT2D eigenvalue weighted by atomic mass is 35.5. The molecule has 12 aromatic rings.